The molecule has 0 aliphatic heterocycles. The minimum Gasteiger partial charge on any atom is -0.507 e. The van der Waals surface area contributed by atoms with Gasteiger partial charge in [0.1, 0.15) is 17.1 Å². The van der Waals surface area contributed by atoms with Crippen LogP contribution in [0.1, 0.15) is 43.0 Å². The summed E-state index contributed by atoms with van der Waals surface area (Å²) in [7, 11) is 3.22. The molecule has 1 aromatic rings. The first kappa shape index (κ1) is 18.1. The van der Waals surface area contributed by atoms with Crippen molar-refractivity contribution < 1.29 is 24.2 Å². The highest BCUT2D eigenvalue weighted by atomic mass is 16.5. The number of methoxy groups -OCH3 is 1. The van der Waals surface area contributed by atoms with E-state index in [1.807, 2.05) is 0 Å². The van der Waals surface area contributed by atoms with Crippen LogP contribution in [0.5, 0.6) is 11.5 Å². The second-order valence-electron chi connectivity index (χ2n) is 6.38. The Morgan fingerprint density at radius 2 is 1.92 bits per heavy atom. The zero-order valence-electron chi connectivity index (χ0n) is 14.4. The van der Waals surface area contributed by atoms with E-state index in [-0.39, 0.29) is 29.9 Å². The summed E-state index contributed by atoms with van der Waals surface area (Å²) >= 11 is 0. The maximum atomic E-state index is 12.2. The summed E-state index contributed by atoms with van der Waals surface area (Å²) in [6, 6.07) is 4.50. The monoisotopic (exact) mass is 335 g/mol. The van der Waals surface area contributed by atoms with Crippen LogP contribution in [0.3, 0.4) is 0 Å². The second kappa shape index (κ2) is 8.04. The Kier molecular flexibility index (Phi) is 6.06. The number of phenols is 1. The molecule has 6 nitrogen and oxygen atoms in total. The molecule has 0 unspecified atom stereocenters. The quantitative estimate of drug-likeness (QED) is 0.837. The van der Waals surface area contributed by atoms with Gasteiger partial charge in [0.25, 0.3) is 5.91 Å². The predicted molar refractivity (Wildman–Crippen MR) is 89.1 cm³/mol. The molecule has 0 radical (unpaired) electrons. The molecule has 0 atom stereocenters. The highest BCUT2D eigenvalue weighted by molar-refractivity contribution is 5.94. The Hall–Kier alpha value is -2.24. The zero-order valence-corrected chi connectivity index (χ0v) is 14.4. The van der Waals surface area contributed by atoms with Gasteiger partial charge in [-0.25, -0.2) is 4.79 Å². The fourth-order valence-corrected chi connectivity index (χ4v) is 2.95. The Morgan fingerprint density at radius 3 is 2.50 bits per heavy atom. The molecule has 1 aliphatic carbocycles. The molecule has 0 spiro atoms. The Labute approximate surface area is 142 Å². The van der Waals surface area contributed by atoms with Crippen LogP contribution in [-0.2, 0) is 9.53 Å². The molecule has 0 bridgehead atoms. The molecule has 1 aliphatic rings. The first-order valence-electron chi connectivity index (χ1n) is 8.22. The van der Waals surface area contributed by atoms with Crippen LogP contribution in [0.15, 0.2) is 18.2 Å². The molecular formula is C18H25NO5. The summed E-state index contributed by atoms with van der Waals surface area (Å²) in [5, 5.41) is 9.82. The Morgan fingerprint density at radius 1 is 1.25 bits per heavy atom. The number of benzene rings is 1. The number of nitrogens with zero attached hydrogens (tertiary/aromatic N) is 1. The summed E-state index contributed by atoms with van der Waals surface area (Å²) in [6.45, 7) is 1.90. The third-order valence-electron chi connectivity index (χ3n) is 4.68. The van der Waals surface area contributed by atoms with Crippen molar-refractivity contribution in [1.29, 1.82) is 0 Å². The lowest BCUT2D eigenvalue weighted by Crippen LogP contribution is -2.41. The van der Waals surface area contributed by atoms with Gasteiger partial charge < -0.3 is 19.5 Å². The minimum atomic E-state index is -0.728. The zero-order chi connectivity index (χ0) is 17.7. The number of aromatic hydroxyl groups is 1. The number of amides is 1. The van der Waals surface area contributed by atoms with Crippen molar-refractivity contribution in [1.82, 2.24) is 4.90 Å². The summed E-state index contributed by atoms with van der Waals surface area (Å²) in [6.07, 6.45) is 4.19. The average Bonchev–Trinajstić information content (AvgIpc) is 2.59. The number of ether oxygens (including phenoxy) is 2. The molecule has 1 N–H and O–H groups in total. The second-order valence-corrected chi connectivity index (χ2v) is 6.38. The van der Waals surface area contributed by atoms with Crippen LogP contribution in [0, 0.1) is 5.92 Å². The molecule has 1 amide bonds. The fraction of sp³-hybridized carbons (Fsp3) is 0.556. The largest absolute Gasteiger partial charge is 0.507 e. The molecular weight excluding hydrogens is 310 g/mol. The number of rotatable bonds is 5. The van der Waals surface area contributed by atoms with Gasteiger partial charge in [-0.05, 0) is 43.7 Å². The number of carbonyl (C=O) groups excluding carboxylic acids is 2. The first-order chi connectivity index (χ1) is 11.4. The van der Waals surface area contributed by atoms with E-state index in [4.69, 9.17) is 9.47 Å². The van der Waals surface area contributed by atoms with Crippen molar-refractivity contribution in [3.8, 4) is 11.5 Å². The third-order valence-corrected chi connectivity index (χ3v) is 4.68. The topological polar surface area (TPSA) is 76.1 Å². The number of hydrogen-bond acceptors (Lipinski definition) is 5. The maximum absolute atomic E-state index is 12.2. The van der Waals surface area contributed by atoms with Crippen LogP contribution < -0.4 is 4.74 Å². The van der Waals surface area contributed by atoms with Crippen molar-refractivity contribution in [3.05, 3.63) is 23.8 Å². The van der Waals surface area contributed by atoms with Crippen molar-refractivity contribution in [2.45, 2.75) is 38.6 Å². The summed E-state index contributed by atoms with van der Waals surface area (Å²) in [4.78, 5) is 25.9. The predicted octanol–water partition coefficient (Wildman–Crippen LogP) is 2.59. The average molecular weight is 335 g/mol. The van der Waals surface area contributed by atoms with E-state index in [2.05, 4.69) is 6.92 Å². The Bertz CT molecular complexity index is 593. The van der Waals surface area contributed by atoms with E-state index in [9.17, 15) is 14.7 Å². The van der Waals surface area contributed by atoms with Gasteiger partial charge >= 0.3 is 5.97 Å². The molecule has 1 saturated carbocycles. The van der Waals surface area contributed by atoms with Gasteiger partial charge in [-0.15, -0.1) is 0 Å². The molecule has 0 saturated heterocycles. The summed E-state index contributed by atoms with van der Waals surface area (Å²) in [5.41, 5.74) is 0.0118. The molecule has 6 heteroatoms. The van der Waals surface area contributed by atoms with Gasteiger partial charge in [0, 0.05) is 19.2 Å². The van der Waals surface area contributed by atoms with Crippen molar-refractivity contribution >= 4 is 11.9 Å². The SMILES string of the molecule is COc1ccc(C(=O)OCC(=O)N(C)C2CCC(C)CC2)c(O)c1. The molecule has 1 aromatic carbocycles. The lowest BCUT2D eigenvalue weighted by molar-refractivity contribution is -0.136. The lowest BCUT2D eigenvalue weighted by Gasteiger charge is -2.33. The van der Waals surface area contributed by atoms with E-state index >= 15 is 0 Å². The molecule has 1 fully saturated rings. The summed E-state index contributed by atoms with van der Waals surface area (Å²) in [5.74, 6) is -0.0430. The summed E-state index contributed by atoms with van der Waals surface area (Å²) < 4.78 is 10.0. The molecule has 0 aromatic heterocycles. The van der Waals surface area contributed by atoms with Crippen LogP contribution >= 0.6 is 0 Å². The van der Waals surface area contributed by atoms with E-state index < -0.39 is 5.97 Å². The smallest absolute Gasteiger partial charge is 0.342 e. The van der Waals surface area contributed by atoms with E-state index in [1.54, 1.807) is 18.0 Å². The molecule has 2 rings (SSSR count). The Balaban J connectivity index is 1.88. The number of likely N-dealkylation sites (N-methyl/N-ethyl adjacent to an activating group) is 1. The van der Waals surface area contributed by atoms with Crippen LogP contribution in [-0.4, -0.2) is 48.7 Å². The maximum Gasteiger partial charge on any atom is 0.342 e. The number of phenolic OH excluding ortho intramolecular Hbond substituents is 1. The minimum absolute atomic E-state index is 0.0118. The third kappa shape index (κ3) is 4.40. The highest BCUT2D eigenvalue weighted by Gasteiger charge is 2.25. The van der Waals surface area contributed by atoms with Crippen LogP contribution in [0.4, 0.5) is 0 Å². The first-order valence-corrected chi connectivity index (χ1v) is 8.22. The van der Waals surface area contributed by atoms with Gasteiger partial charge in [0.05, 0.1) is 7.11 Å². The van der Waals surface area contributed by atoms with Gasteiger partial charge in [-0.3, -0.25) is 4.79 Å². The van der Waals surface area contributed by atoms with Crippen LogP contribution in [0.2, 0.25) is 0 Å². The van der Waals surface area contributed by atoms with E-state index in [0.717, 1.165) is 25.7 Å². The van der Waals surface area contributed by atoms with Crippen molar-refractivity contribution in [2.24, 2.45) is 5.92 Å². The van der Waals surface area contributed by atoms with Gasteiger partial charge in [0.2, 0.25) is 0 Å². The van der Waals surface area contributed by atoms with Gasteiger partial charge in [-0.2, -0.15) is 0 Å². The number of carbonyl (C=O) groups is 2. The van der Waals surface area contributed by atoms with Crippen molar-refractivity contribution in [3.63, 3.8) is 0 Å². The van der Waals surface area contributed by atoms with E-state index in [1.165, 1.54) is 19.2 Å². The van der Waals surface area contributed by atoms with Gasteiger partial charge in [0.15, 0.2) is 6.61 Å². The van der Waals surface area contributed by atoms with Gasteiger partial charge in [-0.1, -0.05) is 6.92 Å². The normalized spacial score (nSPS) is 20.3. The molecule has 0 heterocycles. The molecule has 24 heavy (non-hydrogen) atoms. The number of hydrogen-bond donors (Lipinski definition) is 1. The van der Waals surface area contributed by atoms with E-state index in [0.29, 0.717) is 11.7 Å². The number of esters is 1. The fourth-order valence-electron chi connectivity index (χ4n) is 2.95. The van der Waals surface area contributed by atoms with Crippen LogP contribution in [0.25, 0.3) is 0 Å². The van der Waals surface area contributed by atoms with Crippen molar-refractivity contribution in [2.75, 3.05) is 20.8 Å². The standard InChI is InChI=1S/C18H25NO5/c1-12-4-6-13(7-5-12)19(2)17(21)11-24-18(22)15-9-8-14(23-3)10-16(15)20/h8-10,12-13,20H,4-7,11H2,1-3H3. The molecule has 132 valence electrons. The lowest BCUT2D eigenvalue weighted by atomic mass is 9.87. The highest BCUT2D eigenvalue weighted by Crippen LogP contribution is 2.27.